The molecule has 3 aromatic rings. The van der Waals surface area contributed by atoms with Gasteiger partial charge in [0.05, 0.1) is 16.3 Å². The van der Waals surface area contributed by atoms with Gasteiger partial charge in [0.15, 0.2) is 0 Å². The predicted molar refractivity (Wildman–Crippen MR) is 116 cm³/mol. The number of halogens is 1. The van der Waals surface area contributed by atoms with Gasteiger partial charge < -0.3 is 9.52 Å². The van der Waals surface area contributed by atoms with Gasteiger partial charge >= 0.3 is 5.97 Å². The Morgan fingerprint density at radius 3 is 2.55 bits per heavy atom. The largest absolute Gasteiger partial charge is 0.478 e. The van der Waals surface area contributed by atoms with Crippen LogP contribution in [0.15, 0.2) is 58.5 Å². The monoisotopic (exact) mass is 436 g/mol. The molecule has 2 aromatic carbocycles. The van der Waals surface area contributed by atoms with Gasteiger partial charge in [-0.1, -0.05) is 17.7 Å². The summed E-state index contributed by atoms with van der Waals surface area (Å²) in [6.07, 6.45) is 1.36. The number of anilines is 1. The normalized spacial score (nSPS) is 14.9. The minimum Gasteiger partial charge on any atom is -0.478 e. The molecule has 156 valence electrons. The Bertz CT molecular complexity index is 1270. The molecule has 1 fully saturated rings. The van der Waals surface area contributed by atoms with Crippen LogP contribution in [0.5, 0.6) is 0 Å². The summed E-state index contributed by atoms with van der Waals surface area (Å²) in [7, 11) is 0. The summed E-state index contributed by atoms with van der Waals surface area (Å²) < 4.78 is 5.72. The smallest absolute Gasteiger partial charge is 0.337 e. The zero-order chi connectivity index (χ0) is 22.3. The molecule has 0 bridgehead atoms. The highest BCUT2D eigenvalue weighted by molar-refractivity contribution is 6.33. The van der Waals surface area contributed by atoms with E-state index in [1.165, 1.54) is 23.2 Å². The van der Waals surface area contributed by atoms with Gasteiger partial charge in [0.1, 0.15) is 17.1 Å². The van der Waals surface area contributed by atoms with E-state index in [4.69, 9.17) is 16.0 Å². The van der Waals surface area contributed by atoms with Crippen LogP contribution in [-0.2, 0) is 9.59 Å². The first-order chi connectivity index (χ1) is 14.7. The number of amides is 2. The summed E-state index contributed by atoms with van der Waals surface area (Å²) in [5.41, 5.74) is 5.58. The van der Waals surface area contributed by atoms with E-state index in [2.05, 4.69) is 5.43 Å². The van der Waals surface area contributed by atoms with Crippen molar-refractivity contribution in [3.8, 4) is 11.3 Å². The number of carboxylic acids is 1. The number of hydrazine groups is 1. The fourth-order valence-electron chi connectivity index (χ4n) is 3.17. The fraction of sp³-hybridized carbons (Fsp3) is 0.0870. The third-order valence-corrected chi connectivity index (χ3v) is 5.36. The highest BCUT2D eigenvalue weighted by Gasteiger charge is 2.34. The van der Waals surface area contributed by atoms with Gasteiger partial charge in [-0.05, 0) is 73.5 Å². The first-order valence-electron chi connectivity index (χ1n) is 9.32. The second-order valence-electron chi connectivity index (χ2n) is 7.11. The van der Waals surface area contributed by atoms with Crippen LogP contribution < -0.4 is 10.4 Å². The molecule has 1 aromatic heterocycles. The number of carbonyl (C=O) groups excluding carboxylic acids is 2. The Hall–Kier alpha value is -3.84. The van der Waals surface area contributed by atoms with Crippen LogP contribution >= 0.6 is 11.6 Å². The average molecular weight is 437 g/mol. The Balaban J connectivity index is 1.62. The zero-order valence-corrected chi connectivity index (χ0v) is 17.4. The second kappa shape index (κ2) is 7.77. The van der Waals surface area contributed by atoms with E-state index in [-0.39, 0.29) is 21.9 Å². The Labute approximate surface area is 182 Å². The maximum atomic E-state index is 12.8. The number of nitrogens with zero attached hydrogens (tertiary/aromatic N) is 1. The Morgan fingerprint density at radius 2 is 1.84 bits per heavy atom. The number of aromatic carboxylic acids is 1. The highest BCUT2D eigenvalue weighted by Crippen LogP contribution is 2.29. The number of carboxylic acid groups (broad SMARTS) is 1. The summed E-state index contributed by atoms with van der Waals surface area (Å²) in [6, 6.07) is 13.2. The fourth-order valence-corrected chi connectivity index (χ4v) is 3.37. The lowest BCUT2D eigenvalue weighted by Gasteiger charge is -2.15. The van der Waals surface area contributed by atoms with Crippen LogP contribution in [-0.4, -0.2) is 22.9 Å². The number of rotatable bonds is 4. The summed E-state index contributed by atoms with van der Waals surface area (Å²) in [4.78, 5) is 36.5. The second-order valence-corrected chi connectivity index (χ2v) is 7.52. The molecule has 0 atom stereocenters. The number of furan rings is 1. The maximum Gasteiger partial charge on any atom is 0.337 e. The quantitative estimate of drug-likeness (QED) is 0.467. The Kier molecular flexibility index (Phi) is 5.12. The summed E-state index contributed by atoms with van der Waals surface area (Å²) in [5, 5.41) is 10.5. The molecule has 4 rings (SSSR count). The predicted octanol–water partition coefficient (Wildman–Crippen LogP) is 4.38. The van der Waals surface area contributed by atoms with Crippen molar-refractivity contribution in [2.75, 3.05) is 5.01 Å². The van der Waals surface area contributed by atoms with E-state index in [1.54, 1.807) is 24.3 Å². The van der Waals surface area contributed by atoms with Crippen LogP contribution in [0.2, 0.25) is 5.02 Å². The van der Waals surface area contributed by atoms with Crippen LogP contribution in [0, 0.1) is 13.8 Å². The van der Waals surface area contributed by atoms with E-state index in [1.807, 2.05) is 26.0 Å². The first kappa shape index (κ1) is 20.4. The minimum atomic E-state index is -1.15. The van der Waals surface area contributed by atoms with Crippen LogP contribution in [0.25, 0.3) is 17.4 Å². The molecule has 0 radical (unpaired) electrons. The molecule has 1 aliphatic rings. The number of aryl methyl sites for hydroxylation is 2. The van der Waals surface area contributed by atoms with E-state index >= 15 is 0 Å². The molecule has 0 unspecified atom stereocenters. The van der Waals surface area contributed by atoms with Crippen molar-refractivity contribution < 1.29 is 23.9 Å². The zero-order valence-electron chi connectivity index (χ0n) is 16.6. The lowest BCUT2D eigenvalue weighted by Crippen LogP contribution is -2.35. The van der Waals surface area contributed by atoms with E-state index < -0.39 is 17.8 Å². The highest BCUT2D eigenvalue weighted by atomic mass is 35.5. The van der Waals surface area contributed by atoms with Gasteiger partial charge in [-0.3, -0.25) is 15.0 Å². The van der Waals surface area contributed by atoms with Gasteiger partial charge in [0.2, 0.25) is 0 Å². The van der Waals surface area contributed by atoms with Crippen LogP contribution in [0.3, 0.4) is 0 Å². The van der Waals surface area contributed by atoms with E-state index in [0.717, 1.165) is 11.1 Å². The minimum absolute atomic E-state index is 0.0511. The van der Waals surface area contributed by atoms with Crippen LogP contribution in [0.1, 0.15) is 27.2 Å². The third-order valence-electron chi connectivity index (χ3n) is 5.03. The molecule has 0 saturated carbocycles. The number of hydrogen-bond acceptors (Lipinski definition) is 4. The number of nitrogens with one attached hydrogen (secondary N) is 1. The average Bonchev–Trinajstić information content (AvgIpc) is 3.30. The van der Waals surface area contributed by atoms with Crippen molar-refractivity contribution in [2.45, 2.75) is 13.8 Å². The van der Waals surface area contributed by atoms with E-state index in [9.17, 15) is 19.5 Å². The molecule has 0 spiro atoms. The van der Waals surface area contributed by atoms with Gasteiger partial charge in [-0.15, -0.1) is 0 Å². The van der Waals surface area contributed by atoms with Crippen molar-refractivity contribution in [1.29, 1.82) is 0 Å². The lowest BCUT2D eigenvalue weighted by molar-refractivity contribution is -0.117. The van der Waals surface area contributed by atoms with Crippen molar-refractivity contribution in [3.63, 3.8) is 0 Å². The van der Waals surface area contributed by atoms with Gasteiger partial charge in [0, 0.05) is 5.56 Å². The maximum absolute atomic E-state index is 12.8. The topological polar surface area (TPSA) is 99.8 Å². The molecular formula is C23H17ClN2O5. The summed E-state index contributed by atoms with van der Waals surface area (Å²) in [6.45, 7) is 3.89. The molecule has 1 saturated heterocycles. The van der Waals surface area contributed by atoms with Gasteiger partial charge in [-0.2, -0.15) is 0 Å². The lowest BCUT2D eigenvalue weighted by atomic mass is 10.1. The van der Waals surface area contributed by atoms with Crippen molar-refractivity contribution in [1.82, 2.24) is 5.43 Å². The molecule has 7 nitrogen and oxygen atoms in total. The molecule has 1 aliphatic heterocycles. The Morgan fingerprint density at radius 1 is 1.06 bits per heavy atom. The molecule has 2 amide bonds. The molecule has 2 N–H and O–H groups in total. The van der Waals surface area contributed by atoms with Gasteiger partial charge in [-0.25, -0.2) is 9.80 Å². The number of hydrogen-bond donors (Lipinski definition) is 2. The SMILES string of the molecule is Cc1ccc(N2NC(=O)/C(=C/c3ccc(-c4ccc(Cl)c(C(=O)O)c4)o3)C2=O)cc1C. The summed E-state index contributed by atoms with van der Waals surface area (Å²) in [5.74, 6) is -1.53. The molecule has 2 heterocycles. The first-order valence-corrected chi connectivity index (χ1v) is 9.70. The van der Waals surface area contributed by atoms with Crippen molar-refractivity contribution in [2.24, 2.45) is 0 Å². The van der Waals surface area contributed by atoms with E-state index in [0.29, 0.717) is 17.0 Å². The summed E-state index contributed by atoms with van der Waals surface area (Å²) >= 11 is 5.90. The van der Waals surface area contributed by atoms with Gasteiger partial charge in [0.25, 0.3) is 11.8 Å². The van der Waals surface area contributed by atoms with Crippen molar-refractivity contribution in [3.05, 3.63) is 81.6 Å². The molecule has 31 heavy (non-hydrogen) atoms. The standard InChI is InChI=1S/C23H17ClN2O5/c1-12-3-5-15(9-13(12)2)26-22(28)18(21(27)25-26)11-16-6-8-20(31-16)14-4-7-19(24)17(10-14)23(29)30/h3-11H,1-2H3,(H,25,27)(H,29,30)/b18-11-. The molecular weight excluding hydrogens is 420 g/mol. The molecule has 8 heteroatoms. The number of benzene rings is 2. The van der Waals surface area contributed by atoms with Crippen LogP contribution in [0.4, 0.5) is 5.69 Å². The third kappa shape index (κ3) is 3.83. The molecule has 0 aliphatic carbocycles. The van der Waals surface area contributed by atoms with Crippen molar-refractivity contribution >= 4 is 41.1 Å². The number of carbonyl (C=O) groups is 3.